The first kappa shape index (κ1) is 17.1. The monoisotopic (exact) mass is 378 g/mol. The second-order valence-electron chi connectivity index (χ2n) is 5.16. The topological polar surface area (TPSA) is 78.9 Å². The van der Waals surface area contributed by atoms with Gasteiger partial charge in [-0.1, -0.05) is 29.3 Å². The van der Waals surface area contributed by atoms with Gasteiger partial charge in [-0.25, -0.2) is 9.69 Å². The number of benzene rings is 2. The molecule has 6 nitrogen and oxygen atoms in total. The van der Waals surface area contributed by atoms with Crippen molar-refractivity contribution in [2.75, 3.05) is 12.0 Å². The Hall–Kier alpha value is -2.70. The number of hydrogen-bond acceptors (Lipinski definition) is 4. The predicted octanol–water partition coefficient (Wildman–Crippen LogP) is 3.80. The normalized spacial score (nSPS) is 15.6. The van der Waals surface area contributed by atoms with Crippen LogP contribution in [-0.4, -0.2) is 24.2 Å². The molecule has 0 aliphatic carbocycles. The number of ether oxygens (including phenoxy) is 1. The Morgan fingerprint density at radius 1 is 1.20 bits per heavy atom. The fraction of sp³-hybridized carbons (Fsp3) is 0.0588. The van der Waals surface area contributed by atoms with Crippen LogP contribution < -0.4 is 15.0 Å². The highest BCUT2D eigenvalue weighted by Gasteiger charge is 2.35. The van der Waals surface area contributed by atoms with Crippen molar-refractivity contribution in [3.05, 3.63) is 57.7 Å². The van der Waals surface area contributed by atoms with Gasteiger partial charge < -0.3 is 15.2 Å². The summed E-state index contributed by atoms with van der Waals surface area (Å²) in [6.45, 7) is 0. The number of aromatic hydroxyl groups is 1. The van der Waals surface area contributed by atoms with Crippen molar-refractivity contribution in [2.24, 2.45) is 0 Å². The highest BCUT2D eigenvalue weighted by Crippen LogP contribution is 2.35. The Balaban J connectivity index is 1.97. The number of nitrogens with one attached hydrogen (secondary N) is 1. The molecule has 25 heavy (non-hydrogen) atoms. The van der Waals surface area contributed by atoms with Gasteiger partial charge in [0.05, 0.1) is 17.8 Å². The van der Waals surface area contributed by atoms with Gasteiger partial charge in [0.2, 0.25) is 0 Å². The Bertz CT molecular complexity index is 912. The summed E-state index contributed by atoms with van der Waals surface area (Å²) < 4.78 is 5.02. The number of halogens is 2. The smallest absolute Gasteiger partial charge is 0.333 e. The van der Waals surface area contributed by atoms with Crippen LogP contribution in [0.15, 0.2) is 42.1 Å². The van der Waals surface area contributed by atoms with Gasteiger partial charge in [0.1, 0.15) is 5.70 Å². The molecule has 0 unspecified atom stereocenters. The molecule has 1 aliphatic heterocycles. The lowest BCUT2D eigenvalue weighted by molar-refractivity contribution is -0.113. The van der Waals surface area contributed by atoms with Crippen molar-refractivity contribution >= 4 is 46.9 Å². The van der Waals surface area contributed by atoms with E-state index in [0.717, 1.165) is 4.90 Å². The number of rotatable bonds is 3. The van der Waals surface area contributed by atoms with E-state index in [0.29, 0.717) is 16.3 Å². The SMILES string of the molecule is COc1cc(/C=C2/NC(=O)N(c3cccc(Cl)c3)C2=O)cc(Cl)c1O. The maximum atomic E-state index is 12.6. The Morgan fingerprint density at radius 2 is 1.96 bits per heavy atom. The number of imide groups is 1. The summed E-state index contributed by atoms with van der Waals surface area (Å²) in [6.07, 6.45) is 1.44. The molecular weight excluding hydrogens is 367 g/mol. The van der Waals surface area contributed by atoms with Crippen LogP contribution in [0, 0.1) is 0 Å². The second kappa shape index (κ2) is 6.66. The number of carbonyl (C=O) groups is 2. The third-order valence-corrected chi connectivity index (χ3v) is 4.05. The molecule has 1 fully saturated rings. The van der Waals surface area contributed by atoms with Crippen molar-refractivity contribution in [1.82, 2.24) is 5.32 Å². The molecule has 128 valence electrons. The van der Waals surface area contributed by atoms with E-state index < -0.39 is 11.9 Å². The average molecular weight is 379 g/mol. The Labute approximate surface area is 153 Å². The lowest BCUT2D eigenvalue weighted by Crippen LogP contribution is -2.30. The first-order valence-electron chi connectivity index (χ1n) is 7.10. The van der Waals surface area contributed by atoms with Gasteiger partial charge >= 0.3 is 6.03 Å². The third-order valence-electron chi connectivity index (χ3n) is 3.53. The molecule has 1 saturated heterocycles. The number of hydrogen-bond donors (Lipinski definition) is 2. The van der Waals surface area contributed by atoms with E-state index >= 15 is 0 Å². The molecule has 8 heteroatoms. The molecule has 2 aromatic rings. The fourth-order valence-electron chi connectivity index (χ4n) is 2.38. The van der Waals surface area contributed by atoms with Gasteiger partial charge in [-0.3, -0.25) is 4.79 Å². The number of methoxy groups -OCH3 is 1. The van der Waals surface area contributed by atoms with Crippen LogP contribution in [0.3, 0.4) is 0 Å². The third kappa shape index (κ3) is 3.26. The van der Waals surface area contributed by atoms with Crippen molar-refractivity contribution in [3.8, 4) is 11.5 Å². The summed E-state index contributed by atoms with van der Waals surface area (Å²) in [5.41, 5.74) is 0.907. The molecule has 2 aromatic carbocycles. The van der Waals surface area contributed by atoms with E-state index in [4.69, 9.17) is 27.9 Å². The molecule has 1 aliphatic rings. The fourth-order valence-corrected chi connectivity index (χ4v) is 2.79. The number of carbonyl (C=O) groups excluding carboxylic acids is 2. The number of nitrogens with zero attached hydrogens (tertiary/aromatic N) is 1. The van der Waals surface area contributed by atoms with Gasteiger partial charge in [0.25, 0.3) is 5.91 Å². The highest BCUT2D eigenvalue weighted by molar-refractivity contribution is 6.33. The molecule has 3 rings (SSSR count). The standard InChI is InChI=1S/C17H12Cl2N2O4/c1-25-14-7-9(5-12(19)15(14)22)6-13-16(23)21(17(24)20-13)11-4-2-3-10(18)8-11/h2-8,22H,1H3,(H,20,24)/b13-6+. The van der Waals surface area contributed by atoms with E-state index in [-0.39, 0.29) is 22.2 Å². The Morgan fingerprint density at radius 3 is 2.64 bits per heavy atom. The summed E-state index contributed by atoms with van der Waals surface area (Å²) in [7, 11) is 1.38. The van der Waals surface area contributed by atoms with E-state index in [1.54, 1.807) is 18.2 Å². The van der Waals surface area contributed by atoms with Gasteiger partial charge in [0, 0.05) is 5.02 Å². The molecule has 0 spiro atoms. The van der Waals surface area contributed by atoms with E-state index in [1.165, 1.54) is 31.4 Å². The van der Waals surface area contributed by atoms with Crippen molar-refractivity contribution in [3.63, 3.8) is 0 Å². The van der Waals surface area contributed by atoms with Crippen LogP contribution in [0.2, 0.25) is 10.0 Å². The molecule has 3 amide bonds. The maximum Gasteiger partial charge on any atom is 0.333 e. The maximum absolute atomic E-state index is 12.6. The van der Waals surface area contributed by atoms with Gasteiger partial charge in [0.15, 0.2) is 11.5 Å². The van der Waals surface area contributed by atoms with Crippen molar-refractivity contribution < 1.29 is 19.4 Å². The number of phenolic OH excluding ortho intramolecular Hbond substituents is 1. The first-order valence-corrected chi connectivity index (χ1v) is 7.85. The largest absolute Gasteiger partial charge is 0.503 e. The number of anilines is 1. The summed E-state index contributed by atoms with van der Waals surface area (Å²) in [5.74, 6) is -0.577. The van der Waals surface area contributed by atoms with Crippen LogP contribution in [0.25, 0.3) is 6.08 Å². The number of urea groups is 1. The quantitative estimate of drug-likeness (QED) is 0.628. The zero-order valence-corrected chi connectivity index (χ0v) is 14.4. The number of phenols is 1. The van der Waals surface area contributed by atoms with Gasteiger partial charge in [-0.05, 0) is 42.0 Å². The molecule has 1 heterocycles. The van der Waals surface area contributed by atoms with E-state index in [9.17, 15) is 14.7 Å². The summed E-state index contributed by atoms with van der Waals surface area (Å²) in [6, 6.07) is 8.77. The second-order valence-corrected chi connectivity index (χ2v) is 6.01. The summed E-state index contributed by atoms with van der Waals surface area (Å²) >= 11 is 11.8. The minimum absolute atomic E-state index is 0.0637. The number of amides is 3. The summed E-state index contributed by atoms with van der Waals surface area (Å²) in [5, 5.41) is 12.7. The highest BCUT2D eigenvalue weighted by atomic mass is 35.5. The molecule has 0 atom stereocenters. The molecule has 0 saturated carbocycles. The van der Waals surface area contributed by atoms with Crippen molar-refractivity contribution in [2.45, 2.75) is 0 Å². The molecule has 0 radical (unpaired) electrons. The zero-order chi connectivity index (χ0) is 18.1. The molecule has 0 aromatic heterocycles. The zero-order valence-electron chi connectivity index (χ0n) is 12.9. The van der Waals surface area contributed by atoms with Crippen LogP contribution >= 0.6 is 23.2 Å². The van der Waals surface area contributed by atoms with Gasteiger partial charge in [-0.15, -0.1) is 0 Å². The van der Waals surface area contributed by atoms with Gasteiger partial charge in [-0.2, -0.15) is 0 Å². The molecule has 2 N–H and O–H groups in total. The minimum Gasteiger partial charge on any atom is -0.503 e. The lowest BCUT2D eigenvalue weighted by Gasteiger charge is -2.11. The summed E-state index contributed by atoms with van der Waals surface area (Å²) in [4.78, 5) is 25.7. The van der Waals surface area contributed by atoms with E-state index in [2.05, 4.69) is 5.32 Å². The minimum atomic E-state index is -0.588. The van der Waals surface area contributed by atoms with Crippen LogP contribution in [-0.2, 0) is 4.79 Å². The Kier molecular flexibility index (Phi) is 4.57. The van der Waals surface area contributed by atoms with Crippen molar-refractivity contribution in [1.29, 1.82) is 0 Å². The predicted molar refractivity (Wildman–Crippen MR) is 95.1 cm³/mol. The average Bonchev–Trinajstić information content (AvgIpc) is 2.84. The van der Waals surface area contributed by atoms with Crippen LogP contribution in [0.5, 0.6) is 11.5 Å². The van der Waals surface area contributed by atoms with Crippen LogP contribution in [0.1, 0.15) is 5.56 Å². The molecule has 0 bridgehead atoms. The lowest BCUT2D eigenvalue weighted by atomic mass is 10.1. The van der Waals surface area contributed by atoms with E-state index in [1.807, 2.05) is 0 Å². The first-order chi connectivity index (χ1) is 11.9. The van der Waals surface area contributed by atoms with Crippen LogP contribution in [0.4, 0.5) is 10.5 Å². The molecular formula is C17H12Cl2N2O4.